The van der Waals surface area contributed by atoms with Gasteiger partial charge in [0.25, 0.3) is 0 Å². The Hall–Kier alpha value is -3.91. The second-order valence-electron chi connectivity index (χ2n) is 11.1. The molecule has 0 saturated carbocycles. The molecule has 7 heteroatoms. The largest absolute Gasteiger partial charge is 0.497 e. The van der Waals surface area contributed by atoms with Crippen molar-refractivity contribution >= 4 is 22.9 Å². The van der Waals surface area contributed by atoms with E-state index in [9.17, 15) is 0 Å². The van der Waals surface area contributed by atoms with Gasteiger partial charge in [-0.2, -0.15) is 0 Å². The minimum atomic E-state index is 0.264. The number of ether oxygens (including phenoxy) is 3. The van der Waals surface area contributed by atoms with Crippen molar-refractivity contribution in [1.82, 2.24) is 9.47 Å². The molecule has 1 atom stereocenters. The van der Waals surface area contributed by atoms with Gasteiger partial charge in [-0.05, 0) is 83.0 Å². The SMILES string of the molecule is COc1ccc2c(c1)c1c(n2COSCc2ccccc2)CN2CCc3cc(OC)c(OCc4ccccc4)cc3C2C1. The first-order chi connectivity index (χ1) is 21.2. The van der Waals surface area contributed by atoms with Crippen LogP contribution in [0.1, 0.15) is 39.6 Å². The van der Waals surface area contributed by atoms with Crippen LogP contribution in [0.25, 0.3) is 10.9 Å². The summed E-state index contributed by atoms with van der Waals surface area (Å²) in [6.45, 7) is 2.87. The first-order valence-electron chi connectivity index (χ1n) is 14.8. The van der Waals surface area contributed by atoms with E-state index in [2.05, 4.69) is 70.1 Å². The third-order valence-electron chi connectivity index (χ3n) is 8.71. The Morgan fingerprint density at radius 3 is 2.40 bits per heavy atom. The molecule has 0 N–H and O–H groups in total. The lowest BCUT2D eigenvalue weighted by Gasteiger charge is -2.41. The molecule has 4 aromatic carbocycles. The molecule has 2 aliphatic heterocycles. The van der Waals surface area contributed by atoms with Crippen molar-refractivity contribution < 1.29 is 18.4 Å². The summed E-state index contributed by atoms with van der Waals surface area (Å²) in [5, 5.41) is 1.24. The van der Waals surface area contributed by atoms with E-state index < -0.39 is 0 Å². The fraction of sp³-hybridized carbons (Fsp3) is 0.278. The molecule has 6 nitrogen and oxygen atoms in total. The van der Waals surface area contributed by atoms with Crippen molar-refractivity contribution in [2.24, 2.45) is 0 Å². The van der Waals surface area contributed by atoms with Gasteiger partial charge < -0.3 is 18.8 Å². The van der Waals surface area contributed by atoms with Crippen LogP contribution in [0.5, 0.6) is 17.2 Å². The Balaban J connectivity index is 1.19. The zero-order valence-corrected chi connectivity index (χ0v) is 25.4. The molecule has 0 radical (unpaired) electrons. The maximum absolute atomic E-state index is 6.34. The average Bonchev–Trinajstić information content (AvgIpc) is 3.36. The van der Waals surface area contributed by atoms with Crippen LogP contribution < -0.4 is 14.2 Å². The quantitative estimate of drug-likeness (QED) is 0.122. The zero-order valence-electron chi connectivity index (χ0n) is 24.6. The molecule has 0 aliphatic carbocycles. The lowest BCUT2D eigenvalue weighted by molar-refractivity contribution is 0.151. The highest BCUT2D eigenvalue weighted by atomic mass is 32.2. The van der Waals surface area contributed by atoms with Gasteiger partial charge in [-0.3, -0.25) is 9.08 Å². The van der Waals surface area contributed by atoms with Crippen LogP contribution in [0.2, 0.25) is 0 Å². The van der Waals surface area contributed by atoms with Gasteiger partial charge in [-0.1, -0.05) is 60.7 Å². The first kappa shape index (κ1) is 27.9. The Labute approximate surface area is 257 Å². The fourth-order valence-electron chi connectivity index (χ4n) is 6.50. The zero-order chi connectivity index (χ0) is 29.2. The van der Waals surface area contributed by atoms with Crippen molar-refractivity contribution in [3.05, 3.63) is 125 Å². The summed E-state index contributed by atoms with van der Waals surface area (Å²) in [6, 6.07) is 31.8. The molecule has 0 amide bonds. The van der Waals surface area contributed by atoms with Crippen molar-refractivity contribution in [2.45, 2.75) is 44.5 Å². The molecule has 1 aromatic heterocycles. The molecule has 220 valence electrons. The van der Waals surface area contributed by atoms with Crippen LogP contribution in [0.15, 0.2) is 91.0 Å². The number of aromatic nitrogens is 1. The Bertz CT molecular complexity index is 1720. The van der Waals surface area contributed by atoms with E-state index >= 15 is 0 Å². The molecule has 2 aliphatic rings. The standard InChI is InChI=1S/C36H36N2O4S/c1-39-28-13-14-32-30(18-28)31-19-33-29-20-36(41-22-25-9-5-3-6-10-25)35(40-2)17-27(29)15-16-37(33)21-34(31)38(32)24-42-43-23-26-11-7-4-8-12-26/h3-14,17-18,20,33H,15-16,19,21-24H2,1-2H3. The minimum absolute atomic E-state index is 0.264. The average molecular weight is 593 g/mol. The van der Waals surface area contributed by atoms with E-state index in [0.717, 1.165) is 54.5 Å². The number of nitrogens with zero attached hydrogens (tertiary/aromatic N) is 2. The summed E-state index contributed by atoms with van der Waals surface area (Å²) < 4.78 is 26.3. The second kappa shape index (κ2) is 12.4. The second-order valence-corrected chi connectivity index (χ2v) is 11.9. The lowest BCUT2D eigenvalue weighted by atomic mass is 9.85. The van der Waals surface area contributed by atoms with Crippen LogP contribution in [-0.2, 0) is 42.7 Å². The first-order valence-corrected chi connectivity index (χ1v) is 15.7. The number of methoxy groups -OCH3 is 2. The molecule has 1 unspecified atom stereocenters. The van der Waals surface area contributed by atoms with Gasteiger partial charge in [0, 0.05) is 36.0 Å². The van der Waals surface area contributed by atoms with Gasteiger partial charge in [-0.25, -0.2) is 0 Å². The molecule has 43 heavy (non-hydrogen) atoms. The molecular formula is C36H36N2O4S. The Morgan fingerprint density at radius 1 is 0.837 bits per heavy atom. The van der Waals surface area contributed by atoms with Crippen LogP contribution >= 0.6 is 12.0 Å². The van der Waals surface area contributed by atoms with Gasteiger partial charge in [0.1, 0.15) is 19.1 Å². The number of fused-ring (bicyclic) bond motifs is 6. The van der Waals surface area contributed by atoms with Gasteiger partial charge in [0.2, 0.25) is 0 Å². The summed E-state index contributed by atoms with van der Waals surface area (Å²) in [4.78, 5) is 2.61. The highest BCUT2D eigenvalue weighted by Gasteiger charge is 2.36. The summed E-state index contributed by atoms with van der Waals surface area (Å²) >= 11 is 1.51. The summed E-state index contributed by atoms with van der Waals surface area (Å²) in [5.41, 5.74) is 8.97. The number of hydrogen-bond donors (Lipinski definition) is 0. The topological polar surface area (TPSA) is 45.1 Å². The maximum Gasteiger partial charge on any atom is 0.162 e. The van der Waals surface area contributed by atoms with E-state index in [1.165, 1.54) is 50.9 Å². The molecule has 7 rings (SSSR count). The van der Waals surface area contributed by atoms with Crippen LogP contribution in [0.4, 0.5) is 0 Å². The van der Waals surface area contributed by atoms with E-state index in [0.29, 0.717) is 13.3 Å². The smallest absolute Gasteiger partial charge is 0.162 e. The van der Waals surface area contributed by atoms with E-state index in [4.69, 9.17) is 18.4 Å². The van der Waals surface area contributed by atoms with Gasteiger partial charge >= 0.3 is 0 Å². The maximum atomic E-state index is 6.34. The molecular weight excluding hydrogens is 556 g/mol. The van der Waals surface area contributed by atoms with Gasteiger partial charge in [0.15, 0.2) is 11.5 Å². The highest BCUT2D eigenvalue weighted by molar-refractivity contribution is 7.93. The summed E-state index contributed by atoms with van der Waals surface area (Å²) in [6.07, 6.45) is 1.90. The summed E-state index contributed by atoms with van der Waals surface area (Å²) in [7, 11) is 3.46. The fourth-order valence-corrected chi connectivity index (χ4v) is 7.09. The molecule has 5 aromatic rings. The van der Waals surface area contributed by atoms with E-state index in [1.807, 2.05) is 30.3 Å². The number of benzene rings is 4. The van der Waals surface area contributed by atoms with E-state index in [-0.39, 0.29) is 6.04 Å². The number of hydrogen-bond acceptors (Lipinski definition) is 6. The monoisotopic (exact) mass is 592 g/mol. The van der Waals surface area contributed by atoms with Crippen LogP contribution in [-0.4, -0.2) is 30.2 Å². The van der Waals surface area contributed by atoms with Crippen LogP contribution in [0.3, 0.4) is 0 Å². The summed E-state index contributed by atoms with van der Waals surface area (Å²) in [5.74, 6) is 3.29. The van der Waals surface area contributed by atoms with Crippen molar-refractivity contribution in [3.8, 4) is 17.2 Å². The molecule has 0 spiro atoms. The van der Waals surface area contributed by atoms with Gasteiger partial charge in [-0.15, -0.1) is 0 Å². The van der Waals surface area contributed by atoms with E-state index in [1.54, 1.807) is 14.2 Å². The lowest BCUT2D eigenvalue weighted by Crippen LogP contribution is -2.40. The minimum Gasteiger partial charge on any atom is -0.497 e. The molecule has 0 fully saturated rings. The third kappa shape index (κ3) is 5.60. The predicted octanol–water partition coefficient (Wildman–Crippen LogP) is 7.72. The normalized spacial score (nSPS) is 15.9. The predicted molar refractivity (Wildman–Crippen MR) is 172 cm³/mol. The van der Waals surface area contributed by atoms with Crippen molar-refractivity contribution in [3.63, 3.8) is 0 Å². The van der Waals surface area contributed by atoms with Crippen molar-refractivity contribution in [2.75, 3.05) is 20.8 Å². The Kier molecular flexibility index (Phi) is 8.02. The van der Waals surface area contributed by atoms with Gasteiger partial charge in [0.05, 0.1) is 19.7 Å². The highest BCUT2D eigenvalue weighted by Crippen LogP contribution is 2.45. The Morgan fingerprint density at radius 2 is 1.63 bits per heavy atom. The molecule has 0 saturated heterocycles. The molecule has 0 bridgehead atoms. The molecule has 3 heterocycles. The third-order valence-corrected chi connectivity index (χ3v) is 9.43. The van der Waals surface area contributed by atoms with Crippen molar-refractivity contribution in [1.29, 1.82) is 0 Å². The van der Waals surface area contributed by atoms with Crippen LogP contribution in [0, 0.1) is 0 Å². The number of rotatable bonds is 10.